The molecule has 0 N–H and O–H groups in total. The second-order valence-electron chi connectivity index (χ2n) is 5.96. The summed E-state index contributed by atoms with van der Waals surface area (Å²) in [5, 5.41) is 0. The van der Waals surface area contributed by atoms with Crippen LogP contribution in [0, 0.1) is 18.8 Å². The van der Waals surface area contributed by atoms with Gasteiger partial charge in [-0.2, -0.15) is 8.42 Å². The highest BCUT2D eigenvalue weighted by atomic mass is 32.2. The molecule has 120 valence electrons. The molecule has 0 unspecified atom stereocenters. The van der Waals surface area contributed by atoms with Crippen molar-refractivity contribution < 1.29 is 12.6 Å². The van der Waals surface area contributed by atoms with Crippen LogP contribution in [0.1, 0.15) is 52.0 Å². The van der Waals surface area contributed by atoms with Gasteiger partial charge in [0.15, 0.2) is 0 Å². The summed E-state index contributed by atoms with van der Waals surface area (Å²) in [7, 11) is -3.63. The minimum Gasteiger partial charge on any atom is -0.266 e. The fourth-order valence-corrected chi connectivity index (χ4v) is 3.47. The Kier molecular flexibility index (Phi) is 7.40. The average molecular weight is 312 g/mol. The van der Waals surface area contributed by atoms with Crippen molar-refractivity contribution in [2.24, 2.45) is 11.8 Å². The quantitative estimate of drug-likeness (QED) is 0.628. The maximum atomic E-state index is 12.2. The van der Waals surface area contributed by atoms with Gasteiger partial charge in [0.25, 0.3) is 10.1 Å². The Hall–Kier alpha value is -0.870. The zero-order valence-corrected chi connectivity index (χ0v) is 14.4. The van der Waals surface area contributed by atoms with Crippen LogP contribution in [-0.2, 0) is 14.3 Å². The highest BCUT2D eigenvalue weighted by Crippen LogP contribution is 2.22. The molecule has 21 heavy (non-hydrogen) atoms. The zero-order valence-electron chi connectivity index (χ0n) is 13.6. The molecule has 0 aromatic heterocycles. The van der Waals surface area contributed by atoms with Crippen molar-refractivity contribution in [2.75, 3.05) is 6.61 Å². The number of rotatable bonds is 9. The normalized spacial score (nSPS) is 14.9. The Morgan fingerprint density at radius 1 is 1.14 bits per heavy atom. The monoisotopic (exact) mass is 312 g/mol. The van der Waals surface area contributed by atoms with E-state index in [0.717, 1.165) is 18.4 Å². The Morgan fingerprint density at radius 3 is 2.29 bits per heavy atom. The molecule has 0 spiro atoms. The molecule has 0 fully saturated rings. The Labute approximate surface area is 129 Å². The van der Waals surface area contributed by atoms with Gasteiger partial charge in [0.1, 0.15) is 0 Å². The molecule has 0 radical (unpaired) electrons. The minimum atomic E-state index is -3.63. The lowest BCUT2D eigenvalue weighted by atomic mass is 9.91. The summed E-state index contributed by atoms with van der Waals surface area (Å²) in [4.78, 5) is 0.240. The van der Waals surface area contributed by atoms with Crippen molar-refractivity contribution in [2.45, 2.75) is 58.3 Å². The van der Waals surface area contributed by atoms with Gasteiger partial charge in [0, 0.05) is 0 Å². The molecule has 0 saturated carbocycles. The molecule has 1 aromatic carbocycles. The lowest BCUT2D eigenvalue weighted by Crippen LogP contribution is -2.16. The molecule has 0 saturated heterocycles. The van der Waals surface area contributed by atoms with Gasteiger partial charge in [-0.3, -0.25) is 4.18 Å². The van der Waals surface area contributed by atoms with Crippen LogP contribution in [0.25, 0.3) is 0 Å². The van der Waals surface area contributed by atoms with Crippen LogP contribution in [0.4, 0.5) is 0 Å². The highest BCUT2D eigenvalue weighted by Gasteiger charge is 2.19. The van der Waals surface area contributed by atoms with Crippen molar-refractivity contribution in [3.63, 3.8) is 0 Å². The van der Waals surface area contributed by atoms with Crippen LogP contribution < -0.4 is 0 Å². The van der Waals surface area contributed by atoms with Crippen LogP contribution in [-0.4, -0.2) is 15.0 Å². The second kappa shape index (κ2) is 8.54. The molecule has 0 aliphatic heterocycles. The molecule has 1 aromatic rings. The lowest BCUT2D eigenvalue weighted by molar-refractivity contribution is 0.220. The van der Waals surface area contributed by atoms with E-state index in [2.05, 4.69) is 20.8 Å². The van der Waals surface area contributed by atoms with Crippen molar-refractivity contribution in [1.29, 1.82) is 0 Å². The fourth-order valence-electron chi connectivity index (χ4n) is 2.49. The van der Waals surface area contributed by atoms with E-state index in [0.29, 0.717) is 11.8 Å². The van der Waals surface area contributed by atoms with E-state index in [1.54, 1.807) is 24.3 Å². The molecule has 0 aliphatic carbocycles. The molecule has 0 bridgehead atoms. The van der Waals surface area contributed by atoms with Crippen LogP contribution >= 0.6 is 0 Å². The molecule has 2 atom stereocenters. The second-order valence-corrected chi connectivity index (χ2v) is 7.57. The first-order valence-electron chi connectivity index (χ1n) is 7.85. The fraction of sp³-hybridized carbons (Fsp3) is 0.647. The van der Waals surface area contributed by atoms with Gasteiger partial charge in [0.2, 0.25) is 0 Å². The van der Waals surface area contributed by atoms with Crippen LogP contribution in [0.2, 0.25) is 0 Å². The third-order valence-corrected chi connectivity index (χ3v) is 5.16. The first-order chi connectivity index (χ1) is 9.89. The van der Waals surface area contributed by atoms with Gasteiger partial charge in [-0.05, 0) is 37.3 Å². The summed E-state index contributed by atoms with van der Waals surface area (Å²) in [6, 6.07) is 6.78. The van der Waals surface area contributed by atoms with Crippen molar-refractivity contribution >= 4 is 10.1 Å². The van der Waals surface area contributed by atoms with Crippen molar-refractivity contribution in [3.05, 3.63) is 29.8 Å². The molecule has 0 heterocycles. The predicted octanol–water partition coefficient (Wildman–Crippen LogP) is 4.55. The molecule has 0 aliphatic rings. The third-order valence-electron chi connectivity index (χ3n) is 3.86. The van der Waals surface area contributed by atoms with E-state index < -0.39 is 10.1 Å². The summed E-state index contributed by atoms with van der Waals surface area (Å²) in [6.45, 7) is 8.70. The van der Waals surface area contributed by atoms with Gasteiger partial charge in [-0.1, -0.05) is 57.7 Å². The zero-order chi connectivity index (χ0) is 15.9. The van der Waals surface area contributed by atoms with E-state index in [4.69, 9.17) is 4.18 Å². The first-order valence-corrected chi connectivity index (χ1v) is 9.26. The lowest BCUT2D eigenvalue weighted by Gasteiger charge is -2.19. The van der Waals surface area contributed by atoms with E-state index >= 15 is 0 Å². The number of hydrogen-bond donors (Lipinski definition) is 0. The number of benzene rings is 1. The standard InChI is InChI=1S/C17H28O3S/c1-5-7-15(4)12-16(6-2)13-20-21(18,19)17-10-8-14(3)9-11-17/h8-11,15-16H,5-7,12-13H2,1-4H3/t15-,16-/m1/s1. The topological polar surface area (TPSA) is 43.4 Å². The van der Waals surface area contributed by atoms with Crippen molar-refractivity contribution in [1.82, 2.24) is 0 Å². The van der Waals surface area contributed by atoms with Gasteiger partial charge in [0.05, 0.1) is 11.5 Å². The summed E-state index contributed by atoms with van der Waals surface area (Å²) >= 11 is 0. The van der Waals surface area contributed by atoms with Crippen LogP contribution in [0.5, 0.6) is 0 Å². The summed E-state index contributed by atoms with van der Waals surface area (Å²) in [6.07, 6.45) is 4.31. The van der Waals surface area contributed by atoms with E-state index in [9.17, 15) is 8.42 Å². The van der Waals surface area contributed by atoms with Gasteiger partial charge in [-0.15, -0.1) is 0 Å². The smallest absolute Gasteiger partial charge is 0.266 e. The average Bonchev–Trinajstić information content (AvgIpc) is 2.44. The largest absolute Gasteiger partial charge is 0.296 e. The third kappa shape index (κ3) is 6.18. The van der Waals surface area contributed by atoms with Gasteiger partial charge < -0.3 is 0 Å². The SMILES string of the molecule is CCC[C@@H](C)C[C@@H](CC)COS(=O)(=O)c1ccc(C)cc1. The molecule has 3 nitrogen and oxygen atoms in total. The summed E-state index contributed by atoms with van der Waals surface area (Å²) in [5.74, 6) is 0.914. The predicted molar refractivity (Wildman–Crippen MR) is 86.8 cm³/mol. The minimum absolute atomic E-state index is 0.240. The number of hydrogen-bond acceptors (Lipinski definition) is 3. The van der Waals surface area contributed by atoms with E-state index in [-0.39, 0.29) is 11.5 Å². The molecule has 4 heteroatoms. The Morgan fingerprint density at radius 2 is 1.76 bits per heavy atom. The van der Waals surface area contributed by atoms with E-state index in [1.807, 2.05) is 6.92 Å². The maximum Gasteiger partial charge on any atom is 0.296 e. The molecular weight excluding hydrogens is 284 g/mol. The molecule has 1 rings (SSSR count). The Bertz CT molecular complexity index is 505. The molecule has 0 amide bonds. The highest BCUT2D eigenvalue weighted by molar-refractivity contribution is 7.86. The maximum absolute atomic E-state index is 12.2. The number of aryl methyl sites for hydroxylation is 1. The summed E-state index contributed by atoms with van der Waals surface area (Å²) < 4.78 is 29.6. The van der Waals surface area contributed by atoms with Crippen LogP contribution in [0.15, 0.2) is 29.2 Å². The van der Waals surface area contributed by atoms with Crippen molar-refractivity contribution in [3.8, 4) is 0 Å². The summed E-state index contributed by atoms with van der Waals surface area (Å²) in [5.41, 5.74) is 1.04. The molecular formula is C17H28O3S. The first kappa shape index (κ1) is 18.2. The van der Waals surface area contributed by atoms with Gasteiger partial charge in [-0.25, -0.2) is 0 Å². The Balaban J connectivity index is 2.60. The van der Waals surface area contributed by atoms with E-state index in [1.165, 1.54) is 12.8 Å². The van der Waals surface area contributed by atoms with Gasteiger partial charge >= 0.3 is 0 Å². The van der Waals surface area contributed by atoms with Crippen LogP contribution in [0.3, 0.4) is 0 Å².